The second-order valence-corrected chi connectivity index (χ2v) is 7.69. The van der Waals surface area contributed by atoms with Gasteiger partial charge in [-0.25, -0.2) is 0 Å². The van der Waals surface area contributed by atoms with Crippen molar-refractivity contribution in [2.24, 2.45) is 7.05 Å². The van der Waals surface area contributed by atoms with E-state index in [1.165, 1.54) is 5.56 Å². The summed E-state index contributed by atoms with van der Waals surface area (Å²) in [4.78, 5) is 15.1. The molecule has 30 heavy (non-hydrogen) atoms. The van der Waals surface area contributed by atoms with Crippen molar-refractivity contribution in [1.29, 1.82) is 0 Å². The minimum atomic E-state index is -0.620. The zero-order chi connectivity index (χ0) is 20.7. The van der Waals surface area contributed by atoms with Crippen molar-refractivity contribution in [1.82, 2.24) is 14.7 Å². The maximum atomic E-state index is 13.3. The summed E-state index contributed by atoms with van der Waals surface area (Å²) in [6, 6.07) is 13.6. The standard InChI is InChI=1S/C23H23N3O4/c1-15(30-18-7-8-21-22(9-18)29-14-28-21)23(27)26-12-16-5-3-4-6-19(16)20(13-26)17-10-24-25(2)11-17/h3-11,15,20H,12-14H2,1-2H3/t15-,20-/m1/s1. The van der Waals surface area contributed by atoms with Gasteiger partial charge in [0.05, 0.1) is 6.20 Å². The first-order valence-electron chi connectivity index (χ1n) is 10.00. The number of amides is 1. The maximum absolute atomic E-state index is 13.3. The number of fused-ring (bicyclic) bond motifs is 2. The van der Waals surface area contributed by atoms with Crippen LogP contribution in [0.25, 0.3) is 0 Å². The predicted octanol–water partition coefficient (Wildman–Crippen LogP) is 3.09. The molecule has 2 atom stereocenters. The van der Waals surface area contributed by atoms with Crippen LogP contribution in [-0.4, -0.2) is 40.0 Å². The van der Waals surface area contributed by atoms with Gasteiger partial charge >= 0.3 is 0 Å². The number of ether oxygens (including phenoxy) is 3. The van der Waals surface area contributed by atoms with Crippen molar-refractivity contribution in [2.45, 2.75) is 25.5 Å². The quantitative estimate of drug-likeness (QED) is 0.667. The topological polar surface area (TPSA) is 65.8 Å². The first-order chi connectivity index (χ1) is 14.6. The summed E-state index contributed by atoms with van der Waals surface area (Å²) in [6.07, 6.45) is 3.27. The van der Waals surface area contributed by atoms with E-state index in [-0.39, 0.29) is 18.6 Å². The lowest BCUT2D eigenvalue weighted by atomic mass is 9.86. The Labute approximate surface area is 174 Å². The molecule has 3 aromatic rings. The number of carbonyl (C=O) groups excluding carboxylic acids is 1. The predicted molar refractivity (Wildman–Crippen MR) is 110 cm³/mol. The highest BCUT2D eigenvalue weighted by molar-refractivity contribution is 5.81. The van der Waals surface area contributed by atoms with E-state index in [1.807, 2.05) is 36.5 Å². The van der Waals surface area contributed by atoms with Crippen LogP contribution in [0.5, 0.6) is 17.2 Å². The molecule has 0 radical (unpaired) electrons. The molecule has 0 unspecified atom stereocenters. The zero-order valence-electron chi connectivity index (χ0n) is 16.9. The lowest BCUT2D eigenvalue weighted by molar-refractivity contribution is -0.139. The Morgan fingerprint density at radius 1 is 1.20 bits per heavy atom. The van der Waals surface area contributed by atoms with Gasteiger partial charge in [0, 0.05) is 38.3 Å². The molecule has 0 bridgehead atoms. The maximum Gasteiger partial charge on any atom is 0.263 e. The molecule has 1 aromatic heterocycles. The van der Waals surface area contributed by atoms with Gasteiger partial charge in [-0.2, -0.15) is 5.10 Å². The fourth-order valence-electron chi connectivity index (χ4n) is 4.14. The van der Waals surface area contributed by atoms with Crippen molar-refractivity contribution in [2.75, 3.05) is 13.3 Å². The Bertz CT molecular complexity index is 1090. The molecule has 3 heterocycles. The van der Waals surface area contributed by atoms with E-state index < -0.39 is 6.10 Å². The normalized spacial score (nSPS) is 18.1. The molecule has 2 aromatic carbocycles. The van der Waals surface area contributed by atoms with E-state index in [1.54, 1.807) is 29.8 Å². The van der Waals surface area contributed by atoms with Gasteiger partial charge in [-0.3, -0.25) is 9.48 Å². The summed E-state index contributed by atoms with van der Waals surface area (Å²) in [5.41, 5.74) is 3.51. The van der Waals surface area contributed by atoms with Gasteiger partial charge in [-0.05, 0) is 35.7 Å². The van der Waals surface area contributed by atoms with E-state index in [9.17, 15) is 4.79 Å². The number of nitrogens with zero attached hydrogens (tertiary/aromatic N) is 3. The number of rotatable bonds is 4. The molecular weight excluding hydrogens is 382 g/mol. The summed E-state index contributed by atoms with van der Waals surface area (Å²) < 4.78 is 18.5. The van der Waals surface area contributed by atoms with Gasteiger partial charge in [-0.15, -0.1) is 0 Å². The molecule has 0 saturated heterocycles. The second kappa shape index (κ2) is 7.40. The lowest BCUT2D eigenvalue weighted by Crippen LogP contribution is -2.44. The summed E-state index contributed by atoms with van der Waals surface area (Å²) in [6.45, 7) is 3.15. The number of hydrogen-bond acceptors (Lipinski definition) is 5. The van der Waals surface area contributed by atoms with Gasteiger partial charge in [0.15, 0.2) is 17.6 Å². The van der Waals surface area contributed by atoms with E-state index in [0.29, 0.717) is 30.3 Å². The van der Waals surface area contributed by atoms with E-state index in [4.69, 9.17) is 14.2 Å². The summed E-state index contributed by atoms with van der Waals surface area (Å²) in [7, 11) is 1.91. The molecule has 7 heteroatoms. The van der Waals surface area contributed by atoms with Crippen molar-refractivity contribution in [3.8, 4) is 17.2 Å². The molecule has 0 spiro atoms. The molecular formula is C23H23N3O4. The zero-order valence-corrected chi connectivity index (χ0v) is 16.9. The van der Waals surface area contributed by atoms with Crippen molar-refractivity contribution in [3.05, 3.63) is 71.5 Å². The molecule has 5 rings (SSSR count). The number of aromatic nitrogens is 2. The van der Waals surface area contributed by atoms with E-state index >= 15 is 0 Å². The Hall–Kier alpha value is -3.48. The van der Waals surface area contributed by atoms with E-state index in [2.05, 4.69) is 17.2 Å². The number of hydrogen-bond donors (Lipinski definition) is 0. The molecule has 154 valence electrons. The SMILES string of the molecule is C[C@@H](Oc1ccc2c(c1)OCO2)C(=O)N1Cc2ccccc2[C@@H](c2cnn(C)c2)C1. The second-order valence-electron chi connectivity index (χ2n) is 7.69. The van der Waals surface area contributed by atoms with Crippen LogP contribution in [0.2, 0.25) is 0 Å². The lowest BCUT2D eigenvalue weighted by Gasteiger charge is -2.35. The third kappa shape index (κ3) is 3.36. The molecule has 7 nitrogen and oxygen atoms in total. The molecule has 2 aliphatic heterocycles. The molecule has 2 aliphatic rings. The third-order valence-electron chi connectivity index (χ3n) is 5.64. The van der Waals surface area contributed by atoms with E-state index in [0.717, 1.165) is 11.1 Å². The van der Waals surface area contributed by atoms with Crippen LogP contribution in [0.4, 0.5) is 0 Å². The Kier molecular flexibility index (Phi) is 4.58. The van der Waals surface area contributed by atoms with Crippen molar-refractivity contribution < 1.29 is 19.0 Å². The number of benzene rings is 2. The van der Waals surface area contributed by atoms with Crippen LogP contribution in [0.15, 0.2) is 54.9 Å². The Morgan fingerprint density at radius 3 is 2.87 bits per heavy atom. The molecule has 0 saturated carbocycles. The van der Waals surface area contributed by atoms with Crippen LogP contribution in [0.3, 0.4) is 0 Å². The highest BCUT2D eigenvalue weighted by atomic mass is 16.7. The fourth-order valence-corrected chi connectivity index (χ4v) is 4.14. The Balaban J connectivity index is 1.36. The summed E-state index contributed by atoms with van der Waals surface area (Å²) >= 11 is 0. The largest absolute Gasteiger partial charge is 0.481 e. The fraction of sp³-hybridized carbons (Fsp3) is 0.304. The smallest absolute Gasteiger partial charge is 0.263 e. The van der Waals surface area contributed by atoms with Crippen molar-refractivity contribution in [3.63, 3.8) is 0 Å². The van der Waals surface area contributed by atoms with Gasteiger partial charge in [0.25, 0.3) is 5.91 Å². The highest BCUT2D eigenvalue weighted by Gasteiger charge is 2.32. The number of carbonyl (C=O) groups is 1. The number of aryl methyl sites for hydroxylation is 1. The Morgan fingerprint density at radius 2 is 2.03 bits per heavy atom. The molecule has 0 aliphatic carbocycles. The first-order valence-corrected chi connectivity index (χ1v) is 10.00. The van der Waals surface area contributed by atoms with Crippen LogP contribution in [-0.2, 0) is 18.4 Å². The van der Waals surface area contributed by atoms with Crippen LogP contribution in [0, 0.1) is 0 Å². The van der Waals surface area contributed by atoms with Gasteiger partial charge in [0.1, 0.15) is 5.75 Å². The van der Waals surface area contributed by atoms with Crippen molar-refractivity contribution >= 4 is 5.91 Å². The first kappa shape index (κ1) is 18.5. The van der Waals surface area contributed by atoms with Crippen LogP contribution < -0.4 is 14.2 Å². The third-order valence-corrected chi connectivity index (χ3v) is 5.64. The average molecular weight is 405 g/mol. The molecule has 0 N–H and O–H groups in total. The molecule has 0 fully saturated rings. The average Bonchev–Trinajstić information content (AvgIpc) is 3.40. The van der Waals surface area contributed by atoms with Gasteiger partial charge in [0.2, 0.25) is 6.79 Å². The summed E-state index contributed by atoms with van der Waals surface area (Å²) in [5.74, 6) is 1.95. The minimum Gasteiger partial charge on any atom is -0.481 e. The summed E-state index contributed by atoms with van der Waals surface area (Å²) in [5, 5.41) is 4.32. The van der Waals surface area contributed by atoms with Crippen LogP contribution >= 0.6 is 0 Å². The van der Waals surface area contributed by atoms with Gasteiger partial charge < -0.3 is 19.1 Å². The highest BCUT2D eigenvalue weighted by Crippen LogP contribution is 2.36. The van der Waals surface area contributed by atoms with Crippen LogP contribution in [0.1, 0.15) is 29.5 Å². The molecule has 1 amide bonds. The van der Waals surface area contributed by atoms with Gasteiger partial charge in [-0.1, -0.05) is 24.3 Å². The minimum absolute atomic E-state index is 0.0453. The monoisotopic (exact) mass is 405 g/mol.